The summed E-state index contributed by atoms with van der Waals surface area (Å²) < 4.78 is 5.49. The van der Waals surface area contributed by atoms with Crippen LogP contribution in [0.5, 0.6) is 0 Å². The molecule has 1 aliphatic carbocycles. The minimum atomic E-state index is -0.646. The van der Waals surface area contributed by atoms with Gasteiger partial charge in [-0.25, -0.2) is 0 Å². The Balaban J connectivity index is 1.64. The van der Waals surface area contributed by atoms with Gasteiger partial charge in [-0.2, -0.15) is 0 Å². The van der Waals surface area contributed by atoms with Gasteiger partial charge in [-0.05, 0) is 62.6 Å². The fourth-order valence-electron chi connectivity index (χ4n) is 5.08. The molecule has 1 amide bonds. The number of amides is 1. The number of carbonyl (C=O) groups is 2. The molecule has 1 saturated carbocycles. The van der Waals surface area contributed by atoms with Crippen LogP contribution in [0.2, 0.25) is 10.0 Å². The first kappa shape index (κ1) is 23.4. The lowest BCUT2D eigenvalue weighted by Gasteiger charge is -2.46. The standard InChI is InChI=1S/C23H32Cl2N2O3/c1-2-30-22(29)23(17-6-4-3-5-7-17)10-12-27(13-11-23)21(28)20(26)15-16-8-9-18(24)19(25)14-16/h8-9,14,17,20H,2-7,10-13,15,26H2,1H3. The third-order valence-corrected chi connectivity index (χ3v) is 7.53. The zero-order valence-electron chi connectivity index (χ0n) is 17.7. The lowest BCUT2D eigenvalue weighted by Crippen LogP contribution is -2.54. The third-order valence-electron chi connectivity index (χ3n) is 6.79. The first-order chi connectivity index (χ1) is 14.4. The highest BCUT2D eigenvalue weighted by Crippen LogP contribution is 2.46. The highest BCUT2D eigenvalue weighted by molar-refractivity contribution is 6.42. The molecule has 0 bridgehead atoms. The summed E-state index contributed by atoms with van der Waals surface area (Å²) in [5.74, 6) is 0.193. The van der Waals surface area contributed by atoms with Crippen molar-refractivity contribution >= 4 is 35.1 Å². The van der Waals surface area contributed by atoms with Crippen LogP contribution in [0.4, 0.5) is 0 Å². The molecule has 0 radical (unpaired) electrons. The van der Waals surface area contributed by atoms with Crippen molar-refractivity contribution in [2.24, 2.45) is 17.1 Å². The number of hydrogen-bond acceptors (Lipinski definition) is 4. The van der Waals surface area contributed by atoms with Gasteiger partial charge in [0.15, 0.2) is 0 Å². The average Bonchev–Trinajstić information content (AvgIpc) is 2.76. The van der Waals surface area contributed by atoms with Crippen LogP contribution in [0, 0.1) is 11.3 Å². The summed E-state index contributed by atoms with van der Waals surface area (Å²) in [6.45, 7) is 3.34. The average molecular weight is 455 g/mol. The van der Waals surface area contributed by atoms with Crippen LogP contribution < -0.4 is 5.73 Å². The maximum Gasteiger partial charge on any atom is 0.312 e. The topological polar surface area (TPSA) is 72.6 Å². The molecule has 2 fully saturated rings. The van der Waals surface area contributed by atoms with E-state index < -0.39 is 11.5 Å². The molecule has 1 atom stereocenters. The molecule has 1 heterocycles. The molecule has 1 aromatic rings. The highest BCUT2D eigenvalue weighted by Gasteiger charge is 2.49. The lowest BCUT2D eigenvalue weighted by atomic mass is 9.63. The van der Waals surface area contributed by atoms with Gasteiger partial charge in [0, 0.05) is 13.1 Å². The van der Waals surface area contributed by atoms with Crippen LogP contribution >= 0.6 is 23.2 Å². The number of benzene rings is 1. The third kappa shape index (κ3) is 5.12. The number of nitrogens with zero attached hydrogens (tertiary/aromatic N) is 1. The van der Waals surface area contributed by atoms with Crippen LogP contribution in [0.15, 0.2) is 18.2 Å². The molecule has 2 N–H and O–H groups in total. The van der Waals surface area contributed by atoms with Gasteiger partial charge in [-0.1, -0.05) is 48.5 Å². The number of nitrogens with two attached hydrogens (primary N) is 1. The first-order valence-electron chi connectivity index (χ1n) is 11.0. The van der Waals surface area contributed by atoms with Crippen LogP contribution in [0.3, 0.4) is 0 Å². The van der Waals surface area contributed by atoms with E-state index >= 15 is 0 Å². The number of carbonyl (C=O) groups excluding carboxylic acids is 2. The number of rotatable bonds is 6. The molecule has 1 unspecified atom stereocenters. The Morgan fingerprint density at radius 2 is 1.83 bits per heavy atom. The van der Waals surface area contributed by atoms with Crippen LogP contribution in [0.25, 0.3) is 0 Å². The molecule has 1 aromatic carbocycles. The van der Waals surface area contributed by atoms with Crippen molar-refractivity contribution < 1.29 is 14.3 Å². The molecule has 0 spiro atoms. The molecular formula is C23H32Cl2N2O3. The number of esters is 1. The van der Waals surface area contributed by atoms with E-state index in [1.165, 1.54) is 19.3 Å². The van der Waals surface area contributed by atoms with Crippen LogP contribution in [-0.4, -0.2) is 42.5 Å². The zero-order valence-corrected chi connectivity index (χ0v) is 19.2. The Bertz CT molecular complexity index is 757. The van der Waals surface area contributed by atoms with Gasteiger partial charge in [0.2, 0.25) is 5.91 Å². The summed E-state index contributed by atoms with van der Waals surface area (Å²) in [7, 11) is 0. The second-order valence-electron chi connectivity index (χ2n) is 8.60. The molecule has 2 aliphatic rings. The number of likely N-dealkylation sites (tertiary alicyclic amines) is 1. The van der Waals surface area contributed by atoms with E-state index in [4.69, 9.17) is 33.7 Å². The molecule has 5 nitrogen and oxygen atoms in total. The van der Waals surface area contributed by atoms with Crippen LogP contribution in [0.1, 0.15) is 57.4 Å². The lowest BCUT2D eigenvalue weighted by molar-refractivity contribution is -0.166. The number of halogens is 2. The van der Waals surface area contributed by atoms with E-state index in [2.05, 4.69) is 0 Å². The molecule has 166 valence electrons. The number of ether oxygens (including phenoxy) is 1. The normalized spacial score (nSPS) is 20.6. The van der Waals surface area contributed by atoms with Crippen molar-refractivity contribution in [2.45, 2.75) is 64.3 Å². The predicted molar refractivity (Wildman–Crippen MR) is 120 cm³/mol. The highest BCUT2D eigenvalue weighted by atomic mass is 35.5. The van der Waals surface area contributed by atoms with Gasteiger partial charge >= 0.3 is 5.97 Å². The Labute approximate surface area is 189 Å². The van der Waals surface area contributed by atoms with Gasteiger partial charge in [-0.15, -0.1) is 0 Å². The number of hydrogen-bond donors (Lipinski definition) is 1. The van der Waals surface area contributed by atoms with Gasteiger partial charge in [0.1, 0.15) is 0 Å². The van der Waals surface area contributed by atoms with E-state index in [-0.39, 0.29) is 11.9 Å². The molecule has 7 heteroatoms. The summed E-state index contributed by atoms with van der Waals surface area (Å²) in [5, 5.41) is 0.938. The van der Waals surface area contributed by atoms with Crippen molar-refractivity contribution in [1.82, 2.24) is 4.90 Å². The van der Waals surface area contributed by atoms with E-state index in [1.807, 2.05) is 17.9 Å². The minimum absolute atomic E-state index is 0.0795. The van der Waals surface area contributed by atoms with Gasteiger partial charge in [-0.3, -0.25) is 9.59 Å². The van der Waals surface area contributed by atoms with Gasteiger partial charge < -0.3 is 15.4 Å². The maximum atomic E-state index is 13.0. The van der Waals surface area contributed by atoms with Crippen molar-refractivity contribution in [3.8, 4) is 0 Å². The largest absolute Gasteiger partial charge is 0.466 e. The minimum Gasteiger partial charge on any atom is -0.466 e. The number of piperidine rings is 1. The first-order valence-corrected chi connectivity index (χ1v) is 11.8. The Morgan fingerprint density at radius 3 is 2.43 bits per heavy atom. The summed E-state index contributed by atoms with van der Waals surface area (Å²) in [6.07, 6.45) is 7.43. The van der Waals surface area contributed by atoms with E-state index in [1.54, 1.807) is 12.1 Å². The van der Waals surface area contributed by atoms with E-state index in [0.717, 1.165) is 18.4 Å². The van der Waals surface area contributed by atoms with E-state index in [9.17, 15) is 9.59 Å². The van der Waals surface area contributed by atoms with E-state index in [0.29, 0.717) is 54.9 Å². The van der Waals surface area contributed by atoms with Crippen molar-refractivity contribution in [3.05, 3.63) is 33.8 Å². The zero-order chi connectivity index (χ0) is 21.7. The van der Waals surface area contributed by atoms with Crippen LogP contribution in [-0.2, 0) is 20.7 Å². The fraction of sp³-hybridized carbons (Fsp3) is 0.652. The monoisotopic (exact) mass is 454 g/mol. The van der Waals surface area contributed by atoms with Crippen molar-refractivity contribution in [2.75, 3.05) is 19.7 Å². The van der Waals surface area contributed by atoms with Gasteiger partial charge in [0.05, 0.1) is 28.1 Å². The summed E-state index contributed by atoms with van der Waals surface area (Å²) >= 11 is 12.0. The predicted octanol–water partition coefficient (Wildman–Crippen LogP) is 4.62. The molecule has 0 aromatic heterocycles. The smallest absolute Gasteiger partial charge is 0.312 e. The molecular weight excluding hydrogens is 423 g/mol. The summed E-state index contributed by atoms with van der Waals surface area (Å²) in [4.78, 5) is 27.7. The quantitative estimate of drug-likeness (QED) is 0.636. The summed E-state index contributed by atoms with van der Waals surface area (Å²) in [6, 6.07) is 4.66. The summed E-state index contributed by atoms with van der Waals surface area (Å²) in [5.41, 5.74) is 6.65. The van der Waals surface area contributed by atoms with Gasteiger partial charge in [0.25, 0.3) is 0 Å². The Hall–Kier alpha value is -1.30. The Kier molecular flexibility index (Phi) is 8.05. The SMILES string of the molecule is CCOC(=O)C1(C2CCCCC2)CCN(C(=O)C(N)Cc2ccc(Cl)c(Cl)c2)CC1. The second kappa shape index (κ2) is 10.3. The van der Waals surface area contributed by atoms with Crippen molar-refractivity contribution in [3.63, 3.8) is 0 Å². The Morgan fingerprint density at radius 1 is 1.17 bits per heavy atom. The molecule has 1 aliphatic heterocycles. The molecule has 1 saturated heterocycles. The molecule has 30 heavy (non-hydrogen) atoms. The second-order valence-corrected chi connectivity index (χ2v) is 9.41. The fourth-order valence-corrected chi connectivity index (χ4v) is 5.40. The maximum absolute atomic E-state index is 13.0. The van der Waals surface area contributed by atoms with Crippen molar-refractivity contribution in [1.29, 1.82) is 0 Å². The molecule has 3 rings (SSSR count).